The van der Waals surface area contributed by atoms with E-state index in [9.17, 15) is 30.2 Å². The van der Waals surface area contributed by atoms with Gasteiger partial charge in [-0.25, -0.2) is 4.39 Å². The summed E-state index contributed by atoms with van der Waals surface area (Å²) < 4.78 is 65.6. The molecule has 0 aliphatic rings. The lowest BCUT2D eigenvalue weighted by atomic mass is 9.70. The summed E-state index contributed by atoms with van der Waals surface area (Å²) >= 11 is 1.48. The highest BCUT2D eigenvalue weighted by Gasteiger charge is 2.41. The number of hydrogen-bond acceptors (Lipinski definition) is 16. The molecule has 0 spiro atoms. The number of methoxy groups -OCH3 is 10. The van der Waals surface area contributed by atoms with Crippen LogP contribution in [0.15, 0.2) is 375 Å². The lowest BCUT2D eigenvalue weighted by Crippen LogP contribution is -2.28. The van der Waals surface area contributed by atoms with E-state index >= 15 is 0 Å². The minimum absolute atomic E-state index is 0.310. The predicted octanol–water partition coefficient (Wildman–Crippen LogP) is 21.3. The highest BCUT2D eigenvalue weighted by molar-refractivity contribution is 7.10. The van der Waals surface area contributed by atoms with Gasteiger partial charge < -0.3 is 62.7 Å². The van der Waals surface area contributed by atoms with Gasteiger partial charge in [0.1, 0.15) is 90.9 Å². The molecule has 1 heterocycles. The minimum atomic E-state index is -1.31. The zero-order valence-corrected chi connectivity index (χ0v) is 70.2. The number of thiophene rings is 1. The zero-order valence-electron chi connectivity index (χ0n) is 69.4. The quantitative estimate of drug-likeness (QED) is 0.0456. The molecule has 0 saturated carbocycles. The fraction of sp³-hybridized carbons (Fsp3) is 0.143. The molecule has 0 aliphatic carbocycles. The van der Waals surface area contributed by atoms with Gasteiger partial charge in [-0.1, -0.05) is 231 Å². The molecule has 0 amide bonds. The van der Waals surface area contributed by atoms with E-state index in [-0.39, 0.29) is 5.82 Å². The maximum Gasteiger partial charge on any atom is 0.149 e. The molecule has 15 rings (SSSR count). The van der Waals surface area contributed by atoms with Gasteiger partial charge in [0, 0.05) is 4.88 Å². The Hall–Kier alpha value is -14.4. The molecule has 0 saturated heterocycles. The van der Waals surface area contributed by atoms with Gasteiger partial charge in [0.2, 0.25) is 0 Å². The van der Waals surface area contributed by atoms with Crippen molar-refractivity contribution in [2.75, 3.05) is 71.1 Å². The fourth-order valence-corrected chi connectivity index (χ4v) is 15.3. The highest BCUT2D eigenvalue weighted by Crippen LogP contribution is 2.45. The molecule has 0 bridgehead atoms. The molecule has 616 valence electrons. The van der Waals surface area contributed by atoms with Crippen molar-refractivity contribution in [2.45, 2.75) is 27.6 Å². The topological polar surface area (TPSA) is 201 Å². The molecular weight excluding hydrogens is 1550 g/mol. The SMILES string of the molecule is COc1ccc(C(C#N)(c2ccc(OC)cc2)c2ccc(OC)cc2)cc1.COc1ccc(C(C#N)(c2ccccc2)c2ccc(OC)cc2)cc1.COc1ccc(C(O)(c2ccc(OC)cc2)c2ccc(OC)cc2)cc1.COc1ccc(C(O)(c2ccccc2)c2ccc(OC)cc2)cc1.OC(c1ccccc1)(c1ccc(F)cc1)c1cccs1. The summed E-state index contributed by atoms with van der Waals surface area (Å²) in [5, 5.41) is 57.3. The van der Waals surface area contributed by atoms with Crippen molar-refractivity contribution in [1.82, 2.24) is 0 Å². The summed E-state index contributed by atoms with van der Waals surface area (Å²) in [6, 6.07) is 119. The van der Waals surface area contributed by atoms with Crippen LogP contribution in [0.3, 0.4) is 0 Å². The molecule has 15 nitrogen and oxygen atoms in total. The van der Waals surface area contributed by atoms with E-state index in [0.29, 0.717) is 5.56 Å². The Bertz CT molecular complexity index is 5440. The first-order valence-corrected chi connectivity index (χ1v) is 39.7. The van der Waals surface area contributed by atoms with Crippen molar-refractivity contribution in [2.24, 2.45) is 0 Å². The molecule has 0 radical (unpaired) electrons. The molecular formula is C105H95FN2O13S. The van der Waals surface area contributed by atoms with Gasteiger partial charge in [-0.15, -0.1) is 11.3 Å². The highest BCUT2D eigenvalue weighted by atomic mass is 32.1. The van der Waals surface area contributed by atoms with E-state index in [2.05, 4.69) is 12.1 Å². The van der Waals surface area contributed by atoms with Crippen LogP contribution in [0, 0.1) is 28.5 Å². The van der Waals surface area contributed by atoms with Crippen molar-refractivity contribution in [3.05, 3.63) is 464 Å². The first-order chi connectivity index (χ1) is 59.4. The van der Waals surface area contributed by atoms with Crippen molar-refractivity contribution in [1.29, 1.82) is 10.5 Å². The predicted molar refractivity (Wildman–Crippen MR) is 477 cm³/mol. The minimum Gasteiger partial charge on any atom is -0.497 e. The number of aliphatic hydroxyl groups is 3. The smallest absolute Gasteiger partial charge is 0.149 e. The van der Waals surface area contributed by atoms with Crippen LogP contribution in [0.2, 0.25) is 0 Å². The summed E-state index contributed by atoms with van der Waals surface area (Å²) in [6.45, 7) is 0. The van der Waals surface area contributed by atoms with Gasteiger partial charge >= 0.3 is 0 Å². The van der Waals surface area contributed by atoms with E-state index in [1.807, 2.05) is 351 Å². The second-order valence-electron chi connectivity index (χ2n) is 27.7. The monoisotopic (exact) mass is 1640 g/mol. The average Bonchev–Trinajstić information content (AvgIpc) is 0.913. The van der Waals surface area contributed by atoms with E-state index < -0.39 is 27.6 Å². The Morgan fingerprint density at radius 2 is 0.377 bits per heavy atom. The Morgan fingerprint density at radius 3 is 0.566 bits per heavy atom. The number of ether oxygens (including phenoxy) is 10. The molecule has 1 unspecified atom stereocenters. The molecule has 0 aliphatic heterocycles. The summed E-state index contributed by atoms with van der Waals surface area (Å²) in [5.74, 6) is 7.17. The molecule has 3 N–H and O–H groups in total. The van der Waals surface area contributed by atoms with Crippen LogP contribution >= 0.6 is 11.3 Å². The number of nitriles is 2. The van der Waals surface area contributed by atoms with Crippen LogP contribution < -0.4 is 47.4 Å². The van der Waals surface area contributed by atoms with Crippen LogP contribution in [-0.2, 0) is 27.6 Å². The van der Waals surface area contributed by atoms with Gasteiger partial charge in [0.05, 0.1) is 83.2 Å². The van der Waals surface area contributed by atoms with Crippen LogP contribution in [0.1, 0.15) is 82.8 Å². The second kappa shape index (κ2) is 41.8. The number of rotatable bonds is 25. The molecule has 1 aromatic heterocycles. The lowest BCUT2D eigenvalue weighted by molar-refractivity contribution is 0.125. The number of halogens is 1. The third kappa shape index (κ3) is 19.6. The van der Waals surface area contributed by atoms with Crippen LogP contribution in [0.25, 0.3) is 0 Å². The third-order valence-electron chi connectivity index (χ3n) is 21.2. The van der Waals surface area contributed by atoms with E-state index in [4.69, 9.17) is 47.4 Å². The zero-order chi connectivity index (χ0) is 86.5. The van der Waals surface area contributed by atoms with Crippen molar-refractivity contribution < 1.29 is 67.1 Å². The van der Waals surface area contributed by atoms with Crippen LogP contribution in [0.5, 0.6) is 57.5 Å². The molecule has 1 atom stereocenters. The number of hydrogen-bond donors (Lipinski definition) is 3. The lowest BCUT2D eigenvalue weighted by Gasteiger charge is -2.30. The van der Waals surface area contributed by atoms with Crippen molar-refractivity contribution in [3.8, 4) is 69.6 Å². The Balaban J connectivity index is 0.000000149. The van der Waals surface area contributed by atoms with Crippen LogP contribution in [0.4, 0.5) is 4.39 Å². The standard InChI is InChI=1S/C23H21NO3.C22H19NO2.C22H22O4.C21H20O3.C17H13FOS/c1-25-20-10-4-17(5-11-20)23(16-24,18-6-12-21(26-2)13-7-18)19-8-14-22(27-3)15-9-19;1-24-20-12-8-18(9-13-20)22(16-23,17-6-4-3-5-7-17)19-10-14-21(25-2)15-11-19;1-24-19-10-4-16(5-11-19)22(23,17-6-12-20(25-2)13-7-17)18-8-14-21(26-3)15-9-18;1-23-19-12-8-17(9-13-19)21(22,16-6-4-3-5-7-16)18-10-14-20(24-2)15-11-18;18-15-10-8-14(9-11-15)17(19,16-7-4-12-20-16)13-5-2-1-3-6-13/h4-15H,1-3H3;3-15H,1-2H3;4-15,23H,1-3H3;3-15,22H,1-2H3;1-12,19H. The van der Waals surface area contributed by atoms with E-state index in [1.54, 1.807) is 83.2 Å². The first kappa shape index (κ1) is 88.4. The van der Waals surface area contributed by atoms with Gasteiger partial charge in [-0.3, -0.25) is 0 Å². The molecule has 122 heavy (non-hydrogen) atoms. The normalized spacial score (nSPS) is 11.4. The van der Waals surface area contributed by atoms with Gasteiger partial charge in [-0.05, 0) is 223 Å². The molecule has 17 heteroatoms. The van der Waals surface area contributed by atoms with Crippen molar-refractivity contribution in [3.63, 3.8) is 0 Å². The van der Waals surface area contributed by atoms with Crippen molar-refractivity contribution >= 4 is 11.3 Å². The summed E-state index contributed by atoms with van der Waals surface area (Å²) in [4.78, 5) is 0.815. The van der Waals surface area contributed by atoms with Gasteiger partial charge in [0.15, 0.2) is 0 Å². The summed E-state index contributed by atoms with van der Waals surface area (Å²) in [5.41, 5.74) is 5.64. The fourth-order valence-electron chi connectivity index (χ4n) is 14.4. The summed E-state index contributed by atoms with van der Waals surface area (Å²) in [7, 11) is 16.2. The Labute approximate surface area is 717 Å². The number of nitrogens with zero attached hydrogens (tertiary/aromatic N) is 2. The maximum absolute atomic E-state index is 13.1. The van der Waals surface area contributed by atoms with Gasteiger partial charge in [-0.2, -0.15) is 10.5 Å². The first-order valence-electron chi connectivity index (χ1n) is 38.8. The number of benzene rings is 14. The molecule has 15 aromatic rings. The van der Waals surface area contributed by atoms with Crippen LogP contribution in [-0.4, -0.2) is 86.4 Å². The molecule has 14 aromatic carbocycles. The average molecular weight is 1640 g/mol. The van der Waals surface area contributed by atoms with E-state index in [1.165, 1.54) is 23.5 Å². The molecule has 0 fully saturated rings. The Morgan fingerprint density at radius 1 is 0.213 bits per heavy atom. The third-order valence-corrected chi connectivity index (χ3v) is 22.2. The summed E-state index contributed by atoms with van der Waals surface area (Å²) in [6.07, 6.45) is 0. The maximum atomic E-state index is 13.1. The second-order valence-corrected chi connectivity index (χ2v) is 28.7. The van der Waals surface area contributed by atoms with E-state index in [0.717, 1.165) is 135 Å². The largest absolute Gasteiger partial charge is 0.497 e. The Kier molecular flexibility index (Phi) is 30.3. The van der Waals surface area contributed by atoms with Gasteiger partial charge in [0.25, 0.3) is 0 Å².